The number of nitriles is 1. The molecule has 1 aromatic carbocycles. The number of nitrogens with one attached hydrogen (secondary N) is 1. The van der Waals surface area contributed by atoms with E-state index in [4.69, 9.17) is 18.9 Å². The standard InChI is InChI=1S/C27H38N2O5/c1-7-8-9-10-11-16-31-23-13-12-21(17-22(23)18-28)14-15-27(19-32-26(5,6)33-20-27)29-24(30)34-25(2,3)4/h12-13,17H,7-11,16,19-20H2,1-6H3,(H,29,30). The molecule has 0 spiro atoms. The minimum atomic E-state index is -1.08. The SMILES string of the molecule is CCCCCCCOc1ccc(C#CC2(NC(=O)OC(C)(C)C)COC(C)(C)OC2)cc1C#N. The summed E-state index contributed by atoms with van der Waals surface area (Å²) in [6, 6.07) is 7.44. The highest BCUT2D eigenvalue weighted by Crippen LogP contribution is 2.25. The van der Waals surface area contributed by atoms with Gasteiger partial charge < -0.3 is 24.3 Å². The number of amides is 1. The predicted octanol–water partition coefficient (Wildman–Crippen LogP) is 5.31. The van der Waals surface area contributed by atoms with E-state index in [1.54, 1.807) is 52.8 Å². The maximum atomic E-state index is 12.5. The van der Waals surface area contributed by atoms with Crippen molar-refractivity contribution in [3.63, 3.8) is 0 Å². The van der Waals surface area contributed by atoms with Gasteiger partial charge in [-0.1, -0.05) is 44.4 Å². The summed E-state index contributed by atoms with van der Waals surface area (Å²) in [5, 5.41) is 12.4. The average molecular weight is 471 g/mol. The monoisotopic (exact) mass is 470 g/mol. The van der Waals surface area contributed by atoms with Crippen LogP contribution < -0.4 is 10.1 Å². The Balaban J connectivity index is 2.14. The van der Waals surface area contributed by atoms with E-state index in [9.17, 15) is 10.1 Å². The quantitative estimate of drug-likeness (QED) is 0.409. The Morgan fingerprint density at radius 1 is 1.15 bits per heavy atom. The molecule has 0 unspecified atom stereocenters. The van der Waals surface area contributed by atoms with Crippen LogP contribution in [0, 0.1) is 23.2 Å². The van der Waals surface area contributed by atoms with E-state index in [2.05, 4.69) is 30.2 Å². The molecule has 2 rings (SSSR count). The van der Waals surface area contributed by atoms with E-state index >= 15 is 0 Å². The Hall–Kier alpha value is -2.74. The number of carbonyl (C=O) groups is 1. The number of ether oxygens (including phenoxy) is 4. The van der Waals surface area contributed by atoms with Crippen LogP contribution in [0.4, 0.5) is 4.79 Å². The summed E-state index contributed by atoms with van der Waals surface area (Å²) >= 11 is 0. The molecule has 7 heteroatoms. The largest absolute Gasteiger partial charge is 0.492 e. The summed E-state index contributed by atoms with van der Waals surface area (Å²) in [4.78, 5) is 12.5. The van der Waals surface area contributed by atoms with Gasteiger partial charge in [-0.15, -0.1) is 0 Å². The number of unbranched alkanes of at least 4 members (excludes halogenated alkanes) is 4. The summed E-state index contributed by atoms with van der Waals surface area (Å²) in [5.74, 6) is 5.92. The van der Waals surface area contributed by atoms with Crippen molar-refractivity contribution >= 4 is 6.09 Å². The fourth-order valence-corrected chi connectivity index (χ4v) is 3.25. The lowest BCUT2D eigenvalue weighted by atomic mass is 10.00. The van der Waals surface area contributed by atoms with Crippen molar-refractivity contribution in [1.29, 1.82) is 5.26 Å². The van der Waals surface area contributed by atoms with Crippen molar-refractivity contribution in [2.75, 3.05) is 19.8 Å². The third-order valence-electron chi connectivity index (χ3n) is 5.12. The highest BCUT2D eigenvalue weighted by atomic mass is 16.7. The smallest absolute Gasteiger partial charge is 0.409 e. The number of rotatable bonds is 8. The van der Waals surface area contributed by atoms with Gasteiger partial charge in [0.2, 0.25) is 0 Å². The molecule has 1 amide bonds. The molecule has 1 aliphatic heterocycles. The van der Waals surface area contributed by atoms with Crippen LogP contribution in [0.25, 0.3) is 0 Å². The van der Waals surface area contributed by atoms with Crippen molar-refractivity contribution in [2.24, 2.45) is 0 Å². The average Bonchev–Trinajstić information content (AvgIpc) is 2.76. The van der Waals surface area contributed by atoms with Crippen LogP contribution >= 0.6 is 0 Å². The van der Waals surface area contributed by atoms with E-state index < -0.39 is 23.0 Å². The minimum absolute atomic E-state index is 0.135. The number of benzene rings is 1. The number of hydrogen-bond donors (Lipinski definition) is 1. The molecule has 1 heterocycles. The van der Waals surface area contributed by atoms with E-state index in [0.717, 1.165) is 12.8 Å². The Morgan fingerprint density at radius 2 is 1.82 bits per heavy atom. The normalized spacial score (nSPS) is 16.5. The first-order valence-electron chi connectivity index (χ1n) is 12.0. The zero-order chi connectivity index (χ0) is 25.2. The van der Waals surface area contributed by atoms with Gasteiger partial charge >= 0.3 is 6.09 Å². The lowest BCUT2D eigenvalue weighted by Crippen LogP contribution is -2.60. The van der Waals surface area contributed by atoms with Crippen molar-refractivity contribution < 1.29 is 23.7 Å². The van der Waals surface area contributed by atoms with Crippen molar-refractivity contribution in [1.82, 2.24) is 5.32 Å². The lowest BCUT2D eigenvalue weighted by Gasteiger charge is -2.41. The van der Waals surface area contributed by atoms with Gasteiger partial charge in [0.15, 0.2) is 11.3 Å². The Labute approximate surface area is 204 Å². The van der Waals surface area contributed by atoms with E-state index in [1.807, 2.05) is 0 Å². The van der Waals surface area contributed by atoms with Crippen molar-refractivity contribution in [3.8, 4) is 23.7 Å². The lowest BCUT2D eigenvalue weighted by molar-refractivity contribution is -0.262. The van der Waals surface area contributed by atoms with Gasteiger partial charge in [-0.3, -0.25) is 0 Å². The van der Waals surface area contributed by atoms with Crippen LogP contribution in [0.5, 0.6) is 5.75 Å². The number of hydrogen-bond acceptors (Lipinski definition) is 6. The van der Waals surface area contributed by atoms with Gasteiger partial charge in [0.1, 0.15) is 17.4 Å². The van der Waals surface area contributed by atoms with Crippen LogP contribution in [0.2, 0.25) is 0 Å². The van der Waals surface area contributed by atoms with E-state index in [1.165, 1.54) is 19.3 Å². The van der Waals surface area contributed by atoms with Gasteiger partial charge in [0, 0.05) is 5.56 Å². The Morgan fingerprint density at radius 3 is 2.44 bits per heavy atom. The third-order valence-corrected chi connectivity index (χ3v) is 5.12. The van der Waals surface area contributed by atoms with Crippen LogP contribution in [-0.4, -0.2) is 42.8 Å². The first kappa shape index (κ1) is 27.5. The summed E-state index contributed by atoms with van der Waals surface area (Å²) in [6.45, 7) is 12.0. The maximum Gasteiger partial charge on any atom is 0.409 e. The second kappa shape index (κ2) is 12.1. The zero-order valence-corrected chi connectivity index (χ0v) is 21.4. The summed E-state index contributed by atoms with van der Waals surface area (Å²) < 4.78 is 22.8. The van der Waals surface area contributed by atoms with Gasteiger partial charge in [0.05, 0.1) is 25.4 Å². The van der Waals surface area contributed by atoms with Crippen LogP contribution in [0.1, 0.15) is 84.8 Å². The number of carbonyl (C=O) groups excluding carboxylic acids is 1. The molecule has 186 valence electrons. The minimum Gasteiger partial charge on any atom is -0.492 e. The summed E-state index contributed by atoms with van der Waals surface area (Å²) in [5.41, 5.74) is -0.686. The van der Waals surface area contributed by atoms with Crippen molar-refractivity contribution in [3.05, 3.63) is 29.3 Å². The summed E-state index contributed by atoms with van der Waals surface area (Å²) in [6.07, 6.45) is 5.10. The van der Waals surface area contributed by atoms with Crippen LogP contribution in [0.15, 0.2) is 18.2 Å². The van der Waals surface area contributed by atoms with Gasteiger partial charge in [-0.25, -0.2) is 4.79 Å². The first-order valence-corrected chi connectivity index (χ1v) is 12.0. The third kappa shape index (κ3) is 9.25. The van der Waals surface area contributed by atoms with E-state index in [0.29, 0.717) is 23.5 Å². The predicted molar refractivity (Wildman–Crippen MR) is 130 cm³/mol. The second-order valence-corrected chi connectivity index (χ2v) is 10.0. The molecule has 1 N–H and O–H groups in total. The summed E-state index contributed by atoms with van der Waals surface area (Å²) in [7, 11) is 0. The molecular weight excluding hydrogens is 432 g/mol. The molecular formula is C27H38N2O5. The topological polar surface area (TPSA) is 89.8 Å². The molecule has 0 saturated carbocycles. The maximum absolute atomic E-state index is 12.5. The van der Waals surface area contributed by atoms with Gasteiger partial charge in [-0.2, -0.15) is 5.26 Å². The van der Waals surface area contributed by atoms with Gasteiger partial charge in [0.25, 0.3) is 0 Å². The molecule has 0 aromatic heterocycles. The molecule has 1 fully saturated rings. The zero-order valence-electron chi connectivity index (χ0n) is 21.4. The highest BCUT2D eigenvalue weighted by molar-refractivity contribution is 5.70. The first-order chi connectivity index (χ1) is 16.0. The molecule has 0 bridgehead atoms. The van der Waals surface area contributed by atoms with Crippen LogP contribution in [0.3, 0.4) is 0 Å². The van der Waals surface area contributed by atoms with E-state index in [-0.39, 0.29) is 13.2 Å². The molecule has 0 atom stereocenters. The molecule has 34 heavy (non-hydrogen) atoms. The number of alkyl carbamates (subject to hydrolysis) is 1. The number of nitrogens with zero attached hydrogens (tertiary/aromatic N) is 1. The Kier molecular flexibility index (Phi) is 9.79. The Bertz CT molecular complexity index is 921. The second-order valence-electron chi connectivity index (χ2n) is 10.0. The molecule has 1 aliphatic rings. The fraction of sp³-hybridized carbons (Fsp3) is 0.630. The molecule has 1 aromatic rings. The fourth-order valence-electron chi connectivity index (χ4n) is 3.25. The molecule has 7 nitrogen and oxygen atoms in total. The van der Waals surface area contributed by atoms with Crippen LogP contribution in [-0.2, 0) is 14.2 Å². The highest BCUT2D eigenvalue weighted by Gasteiger charge is 2.41. The molecule has 0 aliphatic carbocycles. The van der Waals surface area contributed by atoms with Crippen molar-refractivity contribution in [2.45, 2.75) is 90.6 Å². The van der Waals surface area contributed by atoms with Gasteiger partial charge in [-0.05, 0) is 59.2 Å². The molecule has 0 radical (unpaired) electrons. The molecule has 1 saturated heterocycles.